The van der Waals surface area contributed by atoms with Gasteiger partial charge in [-0.25, -0.2) is 4.98 Å². The summed E-state index contributed by atoms with van der Waals surface area (Å²) in [4.78, 5) is 8.70. The van der Waals surface area contributed by atoms with E-state index >= 15 is 0 Å². The van der Waals surface area contributed by atoms with Crippen LogP contribution in [0, 0.1) is 18.8 Å². The third kappa shape index (κ3) is 6.79. The summed E-state index contributed by atoms with van der Waals surface area (Å²) in [6.07, 6.45) is 2.47. The first kappa shape index (κ1) is 18.4. The van der Waals surface area contributed by atoms with Crippen molar-refractivity contribution in [1.29, 1.82) is 0 Å². The minimum atomic E-state index is 0.744. The predicted molar refractivity (Wildman–Crippen MR) is 95.4 cm³/mol. The van der Waals surface area contributed by atoms with Gasteiger partial charge in [-0.15, -0.1) is 11.3 Å². The minimum absolute atomic E-state index is 0.744. The molecule has 0 aliphatic rings. The molecule has 3 nitrogen and oxygen atoms in total. The molecule has 0 saturated carbocycles. The Kier molecular flexibility index (Phi) is 8.27. The zero-order valence-electron chi connectivity index (χ0n) is 14.7. The van der Waals surface area contributed by atoms with Crippen LogP contribution >= 0.6 is 11.3 Å². The highest BCUT2D eigenvalue weighted by molar-refractivity contribution is 7.15. The van der Waals surface area contributed by atoms with Gasteiger partial charge in [0.05, 0.1) is 5.69 Å². The first-order valence-electron chi connectivity index (χ1n) is 8.36. The predicted octanol–water partition coefficient (Wildman–Crippen LogP) is 4.46. The zero-order valence-corrected chi connectivity index (χ0v) is 15.5. The van der Waals surface area contributed by atoms with Gasteiger partial charge in [0.15, 0.2) is 5.13 Å². The number of aromatic nitrogens is 1. The SMILES string of the molecule is CCNCc1sc(N(CCC(C)C)CCC(C)C)nc1C. The van der Waals surface area contributed by atoms with Gasteiger partial charge in [-0.2, -0.15) is 0 Å². The summed E-state index contributed by atoms with van der Waals surface area (Å²) in [5.41, 5.74) is 1.19. The van der Waals surface area contributed by atoms with Crippen LogP contribution in [0.3, 0.4) is 0 Å². The lowest BCUT2D eigenvalue weighted by Crippen LogP contribution is -2.27. The second kappa shape index (κ2) is 9.42. The molecule has 122 valence electrons. The Balaban J connectivity index is 2.75. The fourth-order valence-corrected chi connectivity index (χ4v) is 3.16. The van der Waals surface area contributed by atoms with E-state index in [1.165, 1.54) is 28.5 Å². The van der Waals surface area contributed by atoms with E-state index < -0.39 is 0 Å². The molecular formula is C17H33N3S. The summed E-state index contributed by atoms with van der Waals surface area (Å²) in [5.74, 6) is 1.49. The van der Waals surface area contributed by atoms with Crippen LogP contribution in [0.15, 0.2) is 0 Å². The van der Waals surface area contributed by atoms with Crippen LogP contribution in [0.5, 0.6) is 0 Å². The monoisotopic (exact) mass is 311 g/mol. The van der Waals surface area contributed by atoms with Crippen LogP contribution in [-0.4, -0.2) is 24.6 Å². The maximum Gasteiger partial charge on any atom is 0.185 e. The Morgan fingerprint density at radius 3 is 2.14 bits per heavy atom. The van der Waals surface area contributed by atoms with E-state index in [2.05, 4.69) is 51.8 Å². The van der Waals surface area contributed by atoms with E-state index in [4.69, 9.17) is 4.98 Å². The standard InChI is InChI=1S/C17H33N3S/c1-7-18-12-16-15(6)19-17(21-16)20(10-8-13(2)3)11-9-14(4)5/h13-14,18H,7-12H2,1-6H3. The first-order valence-corrected chi connectivity index (χ1v) is 9.17. The molecular weight excluding hydrogens is 278 g/mol. The maximum atomic E-state index is 4.82. The minimum Gasteiger partial charge on any atom is -0.348 e. The Hall–Kier alpha value is -0.610. The molecule has 0 aliphatic heterocycles. The molecule has 0 bridgehead atoms. The van der Waals surface area contributed by atoms with E-state index in [1.807, 2.05) is 11.3 Å². The number of hydrogen-bond acceptors (Lipinski definition) is 4. The normalized spacial score (nSPS) is 11.6. The van der Waals surface area contributed by atoms with E-state index in [9.17, 15) is 0 Å². The molecule has 1 rings (SSSR count). The molecule has 21 heavy (non-hydrogen) atoms. The smallest absolute Gasteiger partial charge is 0.185 e. The summed E-state index contributed by atoms with van der Waals surface area (Å²) in [7, 11) is 0. The summed E-state index contributed by atoms with van der Waals surface area (Å²) < 4.78 is 0. The highest BCUT2D eigenvalue weighted by atomic mass is 32.1. The van der Waals surface area contributed by atoms with Crippen molar-refractivity contribution in [2.24, 2.45) is 11.8 Å². The van der Waals surface area contributed by atoms with Crippen molar-refractivity contribution < 1.29 is 0 Å². The van der Waals surface area contributed by atoms with Crippen LogP contribution in [0.2, 0.25) is 0 Å². The maximum absolute atomic E-state index is 4.82. The Bertz CT molecular complexity index is 387. The largest absolute Gasteiger partial charge is 0.348 e. The van der Waals surface area contributed by atoms with Crippen LogP contribution in [0.25, 0.3) is 0 Å². The molecule has 0 spiro atoms. The van der Waals surface area contributed by atoms with Crippen LogP contribution in [0.4, 0.5) is 5.13 Å². The van der Waals surface area contributed by atoms with Gasteiger partial charge >= 0.3 is 0 Å². The molecule has 1 aromatic rings. The molecule has 0 aromatic carbocycles. The van der Waals surface area contributed by atoms with E-state index in [-0.39, 0.29) is 0 Å². The van der Waals surface area contributed by atoms with Gasteiger partial charge in [-0.1, -0.05) is 34.6 Å². The molecule has 1 aromatic heterocycles. The van der Waals surface area contributed by atoms with Crippen molar-refractivity contribution >= 4 is 16.5 Å². The molecule has 1 N–H and O–H groups in total. The summed E-state index contributed by atoms with van der Waals surface area (Å²) in [6.45, 7) is 17.7. The summed E-state index contributed by atoms with van der Waals surface area (Å²) in [6, 6.07) is 0. The lowest BCUT2D eigenvalue weighted by molar-refractivity contribution is 0.535. The number of rotatable bonds is 10. The Morgan fingerprint density at radius 2 is 1.67 bits per heavy atom. The average Bonchev–Trinajstić information content (AvgIpc) is 2.77. The van der Waals surface area contributed by atoms with Gasteiger partial charge in [0.1, 0.15) is 0 Å². The van der Waals surface area contributed by atoms with Crippen LogP contribution < -0.4 is 10.2 Å². The molecule has 0 atom stereocenters. The zero-order chi connectivity index (χ0) is 15.8. The second-order valence-electron chi connectivity index (χ2n) is 6.64. The molecule has 1 heterocycles. The Morgan fingerprint density at radius 1 is 1.10 bits per heavy atom. The molecule has 0 unspecified atom stereocenters. The quantitative estimate of drug-likeness (QED) is 0.691. The lowest BCUT2D eigenvalue weighted by atomic mass is 10.1. The summed E-state index contributed by atoms with van der Waals surface area (Å²) >= 11 is 1.86. The van der Waals surface area contributed by atoms with Crippen LogP contribution in [-0.2, 0) is 6.54 Å². The topological polar surface area (TPSA) is 28.2 Å². The number of anilines is 1. The van der Waals surface area contributed by atoms with Crippen molar-refractivity contribution in [3.63, 3.8) is 0 Å². The van der Waals surface area contributed by atoms with Gasteiger partial charge in [0, 0.05) is 24.5 Å². The highest BCUT2D eigenvalue weighted by Gasteiger charge is 2.15. The van der Waals surface area contributed by atoms with Gasteiger partial charge in [0.25, 0.3) is 0 Å². The number of thiazole rings is 1. The van der Waals surface area contributed by atoms with Gasteiger partial charge in [-0.3, -0.25) is 0 Å². The molecule has 0 aliphatic carbocycles. The van der Waals surface area contributed by atoms with E-state index in [0.29, 0.717) is 0 Å². The first-order chi connectivity index (χ1) is 9.93. The Labute approximate surface area is 135 Å². The second-order valence-corrected chi connectivity index (χ2v) is 7.70. The van der Waals surface area contributed by atoms with Crippen molar-refractivity contribution in [3.8, 4) is 0 Å². The van der Waals surface area contributed by atoms with E-state index in [0.717, 1.165) is 38.0 Å². The molecule has 0 fully saturated rings. The van der Waals surface area contributed by atoms with Gasteiger partial charge in [0.2, 0.25) is 0 Å². The molecule has 4 heteroatoms. The lowest BCUT2D eigenvalue weighted by Gasteiger charge is -2.23. The van der Waals surface area contributed by atoms with Crippen LogP contribution in [0.1, 0.15) is 58.0 Å². The fourth-order valence-electron chi connectivity index (χ4n) is 2.08. The number of nitrogens with one attached hydrogen (secondary N) is 1. The average molecular weight is 312 g/mol. The van der Waals surface area contributed by atoms with Crippen molar-refractivity contribution in [1.82, 2.24) is 10.3 Å². The number of nitrogens with zero attached hydrogens (tertiary/aromatic N) is 2. The third-order valence-corrected chi connectivity index (χ3v) is 4.86. The van der Waals surface area contributed by atoms with Crippen molar-refractivity contribution in [3.05, 3.63) is 10.6 Å². The number of aryl methyl sites for hydroxylation is 1. The highest BCUT2D eigenvalue weighted by Crippen LogP contribution is 2.27. The molecule has 0 amide bonds. The van der Waals surface area contributed by atoms with Gasteiger partial charge in [-0.05, 0) is 38.1 Å². The van der Waals surface area contributed by atoms with E-state index in [1.54, 1.807) is 0 Å². The third-order valence-electron chi connectivity index (χ3n) is 3.64. The molecule has 0 saturated heterocycles. The van der Waals surface area contributed by atoms with Gasteiger partial charge < -0.3 is 10.2 Å². The number of hydrogen-bond donors (Lipinski definition) is 1. The molecule has 0 radical (unpaired) electrons. The van der Waals surface area contributed by atoms with Crippen molar-refractivity contribution in [2.75, 3.05) is 24.5 Å². The van der Waals surface area contributed by atoms with Crippen molar-refractivity contribution in [2.45, 2.75) is 60.9 Å². The summed E-state index contributed by atoms with van der Waals surface area (Å²) in [5, 5.41) is 4.62. The fraction of sp³-hybridized carbons (Fsp3) is 0.824.